The molecule has 2 nitrogen and oxygen atoms in total. The molecule has 0 saturated carbocycles. The van der Waals surface area contributed by atoms with Crippen molar-refractivity contribution in [1.82, 2.24) is 4.98 Å². The van der Waals surface area contributed by atoms with E-state index >= 15 is 0 Å². The van der Waals surface area contributed by atoms with E-state index in [-0.39, 0.29) is 11.3 Å². The second-order valence-electron chi connectivity index (χ2n) is 3.60. The van der Waals surface area contributed by atoms with E-state index in [9.17, 15) is 13.6 Å². The van der Waals surface area contributed by atoms with Gasteiger partial charge in [0, 0.05) is 17.4 Å². The molecule has 1 heterocycles. The summed E-state index contributed by atoms with van der Waals surface area (Å²) in [6, 6.07) is 3.19. The molecule has 0 atom stereocenters. The average Bonchev–Trinajstić information content (AvgIpc) is 2.64. The number of hydrogen-bond acceptors (Lipinski definition) is 3. The number of benzene rings is 1. The van der Waals surface area contributed by atoms with Crippen LogP contribution in [0.2, 0.25) is 0 Å². The lowest BCUT2D eigenvalue weighted by molar-refractivity contribution is 0.101. The summed E-state index contributed by atoms with van der Waals surface area (Å²) in [6.07, 6.45) is 0. The molecule has 1 aromatic heterocycles. The summed E-state index contributed by atoms with van der Waals surface area (Å²) in [5, 5.41) is 0.307. The Morgan fingerprint density at radius 3 is 2.65 bits per heavy atom. The van der Waals surface area contributed by atoms with Gasteiger partial charge in [-0.1, -0.05) is 0 Å². The van der Waals surface area contributed by atoms with Crippen LogP contribution in [0, 0.1) is 18.6 Å². The Labute approximate surface area is 101 Å². The Bertz CT molecular complexity index is 592. The van der Waals surface area contributed by atoms with E-state index in [1.54, 1.807) is 6.92 Å². The van der Waals surface area contributed by atoms with Crippen LogP contribution in [0.1, 0.15) is 21.6 Å². The summed E-state index contributed by atoms with van der Waals surface area (Å²) in [5.74, 6) is -1.26. The first-order valence-corrected chi connectivity index (χ1v) is 5.74. The molecule has 0 fully saturated rings. The molecular formula is C12H9F2NOS. The van der Waals surface area contributed by atoms with Gasteiger partial charge in [0.2, 0.25) is 0 Å². The monoisotopic (exact) mass is 253 g/mol. The fourth-order valence-corrected chi connectivity index (χ4v) is 2.30. The number of thiazole rings is 1. The number of aromatic nitrogens is 1. The van der Waals surface area contributed by atoms with Crippen LogP contribution in [0.4, 0.5) is 8.78 Å². The predicted octanol–water partition coefficient (Wildman–Crippen LogP) is 3.60. The molecule has 1 aromatic carbocycles. The van der Waals surface area contributed by atoms with Crippen molar-refractivity contribution in [2.45, 2.75) is 13.8 Å². The van der Waals surface area contributed by atoms with Crippen LogP contribution in [-0.2, 0) is 0 Å². The fourth-order valence-electron chi connectivity index (χ4n) is 1.48. The topological polar surface area (TPSA) is 30.0 Å². The van der Waals surface area contributed by atoms with E-state index in [0.717, 1.165) is 18.2 Å². The second kappa shape index (κ2) is 4.33. The lowest BCUT2D eigenvalue weighted by Crippen LogP contribution is -1.92. The van der Waals surface area contributed by atoms with Gasteiger partial charge in [-0.25, -0.2) is 13.8 Å². The van der Waals surface area contributed by atoms with Crippen LogP contribution in [0.3, 0.4) is 0 Å². The highest BCUT2D eigenvalue weighted by atomic mass is 32.1. The minimum absolute atomic E-state index is 0.0891. The predicted molar refractivity (Wildman–Crippen MR) is 62.2 cm³/mol. The number of hydrogen-bond donors (Lipinski definition) is 0. The van der Waals surface area contributed by atoms with Crippen molar-refractivity contribution in [2.75, 3.05) is 0 Å². The van der Waals surface area contributed by atoms with E-state index in [1.165, 1.54) is 18.3 Å². The molecular weight excluding hydrogens is 244 g/mol. The molecule has 0 aliphatic heterocycles. The van der Waals surface area contributed by atoms with Gasteiger partial charge in [-0.2, -0.15) is 0 Å². The highest BCUT2D eigenvalue weighted by molar-refractivity contribution is 7.14. The highest BCUT2D eigenvalue weighted by Gasteiger charge is 2.16. The molecule has 0 amide bonds. The maximum atomic E-state index is 13.6. The SMILES string of the molecule is CC(=O)c1nc(-c2cc(F)ccc2F)c(C)s1. The van der Waals surface area contributed by atoms with Crippen LogP contribution in [0.15, 0.2) is 18.2 Å². The third-order valence-corrected chi connectivity index (χ3v) is 3.35. The molecule has 5 heteroatoms. The largest absolute Gasteiger partial charge is 0.292 e. The first-order chi connectivity index (χ1) is 7.99. The Balaban J connectivity index is 2.60. The quantitative estimate of drug-likeness (QED) is 0.765. The number of aryl methyl sites for hydroxylation is 1. The molecule has 0 N–H and O–H groups in total. The van der Waals surface area contributed by atoms with Crippen LogP contribution >= 0.6 is 11.3 Å². The minimum atomic E-state index is -0.546. The van der Waals surface area contributed by atoms with Crippen LogP contribution in [0.25, 0.3) is 11.3 Å². The summed E-state index contributed by atoms with van der Waals surface area (Å²) >= 11 is 1.18. The van der Waals surface area contributed by atoms with Crippen molar-refractivity contribution in [2.24, 2.45) is 0 Å². The zero-order chi connectivity index (χ0) is 12.6. The van der Waals surface area contributed by atoms with Gasteiger partial charge in [0.15, 0.2) is 10.8 Å². The van der Waals surface area contributed by atoms with E-state index in [1.807, 2.05) is 0 Å². The normalized spacial score (nSPS) is 10.6. The number of carbonyl (C=O) groups excluding carboxylic acids is 1. The fraction of sp³-hybridized carbons (Fsp3) is 0.167. The molecule has 2 rings (SSSR count). The molecule has 0 spiro atoms. The van der Waals surface area contributed by atoms with Gasteiger partial charge in [0.25, 0.3) is 0 Å². The maximum Gasteiger partial charge on any atom is 0.188 e. The van der Waals surface area contributed by atoms with Crippen molar-refractivity contribution >= 4 is 17.1 Å². The Morgan fingerprint density at radius 2 is 2.06 bits per heavy atom. The summed E-state index contributed by atoms with van der Waals surface area (Å²) in [4.78, 5) is 15.9. The van der Waals surface area contributed by atoms with Crippen molar-refractivity contribution in [3.05, 3.63) is 39.7 Å². The van der Waals surface area contributed by atoms with E-state index in [2.05, 4.69) is 4.98 Å². The molecule has 0 aliphatic rings. The maximum absolute atomic E-state index is 13.6. The minimum Gasteiger partial charge on any atom is -0.292 e. The summed E-state index contributed by atoms with van der Waals surface area (Å²) in [7, 11) is 0. The van der Waals surface area contributed by atoms with Gasteiger partial charge in [0.05, 0.1) is 5.69 Å². The zero-order valence-electron chi connectivity index (χ0n) is 9.25. The number of nitrogens with zero attached hydrogens (tertiary/aromatic N) is 1. The summed E-state index contributed by atoms with van der Waals surface area (Å²) < 4.78 is 26.6. The van der Waals surface area contributed by atoms with Crippen molar-refractivity contribution in [3.63, 3.8) is 0 Å². The van der Waals surface area contributed by atoms with Gasteiger partial charge in [-0.3, -0.25) is 4.79 Å². The van der Waals surface area contributed by atoms with E-state index in [4.69, 9.17) is 0 Å². The van der Waals surface area contributed by atoms with Crippen LogP contribution in [-0.4, -0.2) is 10.8 Å². The van der Waals surface area contributed by atoms with Crippen LogP contribution < -0.4 is 0 Å². The van der Waals surface area contributed by atoms with Gasteiger partial charge < -0.3 is 0 Å². The van der Waals surface area contributed by atoms with Gasteiger partial charge in [-0.15, -0.1) is 11.3 Å². The van der Waals surface area contributed by atoms with E-state index in [0.29, 0.717) is 15.6 Å². The molecule has 0 unspecified atom stereocenters. The smallest absolute Gasteiger partial charge is 0.188 e. The van der Waals surface area contributed by atoms with Gasteiger partial charge in [0.1, 0.15) is 11.6 Å². The Morgan fingerprint density at radius 1 is 1.35 bits per heavy atom. The number of ketones is 1. The van der Waals surface area contributed by atoms with Gasteiger partial charge >= 0.3 is 0 Å². The lowest BCUT2D eigenvalue weighted by Gasteiger charge is -2.00. The third kappa shape index (κ3) is 2.24. The second-order valence-corrected chi connectivity index (χ2v) is 4.81. The first kappa shape index (κ1) is 11.9. The molecule has 0 radical (unpaired) electrons. The first-order valence-electron chi connectivity index (χ1n) is 4.93. The van der Waals surface area contributed by atoms with Crippen molar-refractivity contribution in [3.8, 4) is 11.3 Å². The third-order valence-electron chi connectivity index (χ3n) is 2.28. The zero-order valence-corrected chi connectivity index (χ0v) is 10.1. The molecule has 0 saturated heterocycles. The van der Waals surface area contributed by atoms with Crippen molar-refractivity contribution in [1.29, 1.82) is 0 Å². The highest BCUT2D eigenvalue weighted by Crippen LogP contribution is 2.30. The molecule has 17 heavy (non-hydrogen) atoms. The number of halogens is 2. The summed E-state index contributed by atoms with van der Waals surface area (Å²) in [6.45, 7) is 3.12. The lowest BCUT2D eigenvalue weighted by atomic mass is 10.1. The number of carbonyl (C=O) groups is 1. The Hall–Kier alpha value is -1.62. The standard InChI is InChI=1S/C12H9F2NOS/c1-6(16)12-15-11(7(2)17-12)9-5-8(13)3-4-10(9)14/h3-5H,1-2H3. The molecule has 2 aromatic rings. The average molecular weight is 253 g/mol. The number of rotatable bonds is 2. The Kier molecular flexibility index (Phi) is 3.02. The molecule has 0 bridgehead atoms. The number of Topliss-reactive ketones (excluding diaryl/α,β-unsaturated/α-hetero) is 1. The molecule has 88 valence electrons. The van der Waals surface area contributed by atoms with E-state index < -0.39 is 11.6 Å². The summed E-state index contributed by atoms with van der Waals surface area (Å²) in [5.41, 5.74) is 0.420. The van der Waals surface area contributed by atoms with Crippen molar-refractivity contribution < 1.29 is 13.6 Å². The van der Waals surface area contributed by atoms with Gasteiger partial charge in [-0.05, 0) is 25.1 Å². The van der Waals surface area contributed by atoms with Crippen LogP contribution in [0.5, 0.6) is 0 Å². The molecule has 0 aliphatic carbocycles.